The second kappa shape index (κ2) is 5.57. The molecule has 2 heteroatoms. The molecule has 3 rings (SSSR count). The first-order valence-corrected chi connectivity index (χ1v) is 7.26. The van der Waals surface area contributed by atoms with Crippen LogP contribution in [-0.2, 0) is 11.2 Å². The van der Waals surface area contributed by atoms with Gasteiger partial charge in [0.25, 0.3) is 0 Å². The molecule has 1 aliphatic heterocycles. The molecule has 106 valence electrons. The third kappa shape index (κ3) is 2.49. The van der Waals surface area contributed by atoms with Gasteiger partial charge in [0, 0.05) is 17.8 Å². The molecule has 0 spiro atoms. The van der Waals surface area contributed by atoms with E-state index in [1.807, 2.05) is 6.07 Å². The van der Waals surface area contributed by atoms with E-state index < -0.39 is 0 Å². The lowest BCUT2D eigenvalue weighted by atomic mass is 9.88. The topological polar surface area (TPSA) is 20.3 Å². The van der Waals surface area contributed by atoms with Crippen LogP contribution in [0, 0.1) is 6.92 Å². The first-order chi connectivity index (χ1) is 10.2. The highest BCUT2D eigenvalue weighted by atomic mass is 16.1. The molecule has 2 aromatic carbocycles. The largest absolute Gasteiger partial charge is 0.360 e. The molecule has 0 aromatic heterocycles. The quantitative estimate of drug-likeness (QED) is 0.627. The van der Waals surface area contributed by atoms with E-state index in [0.717, 1.165) is 24.9 Å². The van der Waals surface area contributed by atoms with Gasteiger partial charge < -0.3 is 4.90 Å². The maximum absolute atomic E-state index is 11.3. The van der Waals surface area contributed by atoms with Gasteiger partial charge in [0.2, 0.25) is 0 Å². The molecular formula is C19H19NO. The van der Waals surface area contributed by atoms with E-state index in [1.165, 1.54) is 16.7 Å². The van der Waals surface area contributed by atoms with Crippen molar-refractivity contribution in [2.75, 3.05) is 11.4 Å². The Bertz CT molecular complexity index is 672. The predicted molar refractivity (Wildman–Crippen MR) is 86.6 cm³/mol. The van der Waals surface area contributed by atoms with Gasteiger partial charge in [-0.3, -0.25) is 4.79 Å². The molecule has 0 fully saturated rings. The van der Waals surface area contributed by atoms with E-state index in [-0.39, 0.29) is 6.04 Å². The molecule has 0 radical (unpaired) electrons. The van der Waals surface area contributed by atoms with E-state index >= 15 is 0 Å². The van der Waals surface area contributed by atoms with Gasteiger partial charge in [0.1, 0.15) is 6.29 Å². The van der Waals surface area contributed by atoms with Gasteiger partial charge in [0.15, 0.2) is 0 Å². The summed E-state index contributed by atoms with van der Waals surface area (Å²) in [7, 11) is 0. The van der Waals surface area contributed by atoms with Crippen molar-refractivity contribution in [3.05, 3.63) is 77.4 Å². The van der Waals surface area contributed by atoms with Crippen LogP contribution in [0.15, 0.2) is 60.7 Å². The number of nitrogens with zero attached hydrogens (tertiary/aromatic N) is 1. The Morgan fingerprint density at radius 1 is 1.19 bits per heavy atom. The normalized spacial score (nSPS) is 17.2. The SMILES string of the molecule is C=C(C=O)[C@@H]1c2ccccc2CCN1c1ccc(C)cc1. The maximum atomic E-state index is 11.3. The maximum Gasteiger partial charge on any atom is 0.147 e. The van der Waals surface area contributed by atoms with Crippen LogP contribution in [0.5, 0.6) is 0 Å². The van der Waals surface area contributed by atoms with Gasteiger partial charge in [-0.15, -0.1) is 0 Å². The third-order valence-corrected chi connectivity index (χ3v) is 4.15. The zero-order valence-corrected chi connectivity index (χ0v) is 12.3. The first kappa shape index (κ1) is 13.6. The van der Waals surface area contributed by atoms with Gasteiger partial charge in [0.05, 0.1) is 6.04 Å². The predicted octanol–water partition coefficient (Wildman–Crippen LogP) is 3.85. The zero-order valence-electron chi connectivity index (χ0n) is 12.3. The first-order valence-electron chi connectivity index (χ1n) is 7.26. The average Bonchev–Trinajstić information content (AvgIpc) is 2.54. The molecule has 0 aliphatic carbocycles. The zero-order chi connectivity index (χ0) is 14.8. The molecule has 0 saturated heterocycles. The van der Waals surface area contributed by atoms with Gasteiger partial charge in [-0.1, -0.05) is 48.5 Å². The van der Waals surface area contributed by atoms with Gasteiger partial charge in [-0.2, -0.15) is 0 Å². The summed E-state index contributed by atoms with van der Waals surface area (Å²) in [5.41, 5.74) is 5.50. The lowest BCUT2D eigenvalue weighted by Crippen LogP contribution is -2.36. The number of rotatable bonds is 3. The number of aryl methyl sites for hydroxylation is 1. The van der Waals surface area contributed by atoms with Gasteiger partial charge in [-0.25, -0.2) is 0 Å². The molecule has 2 aromatic rings. The summed E-state index contributed by atoms with van der Waals surface area (Å²) in [6, 6.07) is 16.7. The van der Waals surface area contributed by atoms with Crippen LogP contribution < -0.4 is 4.90 Å². The van der Waals surface area contributed by atoms with Crippen molar-refractivity contribution in [3.63, 3.8) is 0 Å². The summed E-state index contributed by atoms with van der Waals surface area (Å²) in [5.74, 6) is 0. The Balaban J connectivity index is 2.06. The molecular weight excluding hydrogens is 258 g/mol. The second-order valence-corrected chi connectivity index (χ2v) is 5.57. The van der Waals surface area contributed by atoms with E-state index in [4.69, 9.17) is 0 Å². The molecule has 1 heterocycles. The lowest BCUT2D eigenvalue weighted by Gasteiger charge is -2.39. The summed E-state index contributed by atoms with van der Waals surface area (Å²) in [6.45, 7) is 6.96. The molecule has 0 unspecified atom stereocenters. The summed E-state index contributed by atoms with van der Waals surface area (Å²) in [4.78, 5) is 13.6. The number of aldehydes is 1. The summed E-state index contributed by atoms with van der Waals surface area (Å²) in [5, 5.41) is 0. The minimum atomic E-state index is -0.0600. The molecule has 1 aliphatic rings. The lowest BCUT2D eigenvalue weighted by molar-refractivity contribution is -0.105. The Morgan fingerprint density at radius 3 is 2.62 bits per heavy atom. The fourth-order valence-electron chi connectivity index (χ4n) is 3.05. The number of anilines is 1. The van der Waals surface area contributed by atoms with Crippen molar-refractivity contribution in [3.8, 4) is 0 Å². The number of carbonyl (C=O) groups is 1. The molecule has 1 atom stereocenters. The summed E-state index contributed by atoms with van der Waals surface area (Å²) in [6.07, 6.45) is 1.88. The van der Waals surface area contributed by atoms with Crippen LogP contribution >= 0.6 is 0 Å². The molecule has 2 nitrogen and oxygen atoms in total. The molecule has 0 bridgehead atoms. The van der Waals surface area contributed by atoms with Crippen molar-refractivity contribution in [2.24, 2.45) is 0 Å². The van der Waals surface area contributed by atoms with Crippen molar-refractivity contribution < 1.29 is 4.79 Å². The van der Waals surface area contributed by atoms with Gasteiger partial charge in [-0.05, 0) is 36.6 Å². The smallest absolute Gasteiger partial charge is 0.147 e. The van der Waals surface area contributed by atoms with Crippen molar-refractivity contribution in [2.45, 2.75) is 19.4 Å². The number of benzene rings is 2. The fraction of sp³-hybridized carbons (Fsp3) is 0.211. The Hall–Kier alpha value is -2.35. The van der Waals surface area contributed by atoms with Crippen LogP contribution in [0.2, 0.25) is 0 Å². The molecule has 0 amide bonds. The highest BCUT2D eigenvalue weighted by molar-refractivity contribution is 5.77. The van der Waals surface area contributed by atoms with E-state index in [2.05, 4.69) is 60.9 Å². The standard InChI is InChI=1S/C19H19NO/c1-14-7-9-17(10-8-14)20-12-11-16-5-3-4-6-18(16)19(20)15(2)13-21/h3-10,13,19H,2,11-12H2,1H3/t19-/m1/s1. The van der Waals surface area contributed by atoms with Crippen molar-refractivity contribution in [1.82, 2.24) is 0 Å². The van der Waals surface area contributed by atoms with Crippen LogP contribution in [-0.4, -0.2) is 12.8 Å². The average molecular weight is 277 g/mol. The second-order valence-electron chi connectivity index (χ2n) is 5.57. The Labute approximate surface area is 125 Å². The highest BCUT2D eigenvalue weighted by Crippen LogP contribution is 2.37. The minimum absolute atomic E-state index is 0.0600. The number of hydrogen-bond donors (Lipinski definition) is 0. The van der Waals surface area contributed by atoms with E-state index in [9.17, 15) is 4.79 Å². The Kier molecular flexibility index (Phi) is 3.61. The van der Waals surface area contributed by atoms with Crippen LogP contribution in [0.25, 0.3) is 0 Å². The summed E-state index contributed by atoms with van der Waals surface area (Å²) >= 11 is 0. The van der Waals surface area contributed by atoms with Crippen molar-refractivity contribution >= 4 is 12.0 Å². The summed E-state index contributed by atoms with van der Waals surface area (Å²) < 4.78 is 0. The van der Waals surface area contributed by atoms with Gasteiger partial charge >= 0.3 is 0 Å². The van der Waals surface area contributed by atoms with E-state index in [1.54, 1.807) is 0 Å². The molecule has 21 heavy (non-hydrogen) atoms. The van der Waals surface area contributed by atoms with E-state index in [0.29, 0.717) is 5.57 Å². The number of carbonyl (C=O) groups excluding carboxylic acids is 1. The van der Waals surface area contributed by atoms with Crippen LogP contribution in [0.3, 0.4) is 0 Å². The highest BCUT2D eigenvalue weighted by Gasteiger charge is 2.29. The van der Waals surface area contributed by atoms with Crippen LogP contribution in [0.4, 0.5) is 5.69 Å². The van der Waals surface area contributed by atoms with Crippen LogP contribution in [0.1, 0.15) is 22.7 Å². The third-order valence-electron chi connectivity index (χ3n) is 4.15. The molecule has 0 N–H and O–H groups in total. The molecule has 0 saturated carbocycles. The minimum Gasteiger partial charge on any atom is -0.360 e. The van der Waals surface area contributed by atoms with Crippen molar-refractivity contribution in [1.29, 1.82) is 0 Å². The Morgan fingerprint density at radius 2 is 1.90 bits per heavy atom. The number of hydrogen-bond acceptors (Lipinski definition) is 2. The fourth-order valence-corrected chi connectivity index (χ4v) is 3.05. The number of fused-ring (bicyclic) bond motifs is 1. The monoisotopic (exact) mass is 277 g/mol.